The van der Waals surface area contributed by atoms with Gasteiger partial charge < -0.3 is 4.90 Å². The molecule has 1 aliphatic rings. The lowest BCUT2D eigenvalue weighted by atomic mass is 10.1. The molecule has 5 nitrogen and oxygen atoms in total. The SMILES string of the molecule is C=C(C)CN(CC)C(=O)CSc1nc2scc(C3CC3)c2c(=O)n1-c1ccccc1. The summed E-state index contributed by atoms with van der Waals surface area (Å²) in [5.41, 5.74) is 2.80. The van der Waals surface area contributed by atoms with Crippen LogP contribution in [0.5, 0.6) is 0 Å². The topological polar surface area (TPSA) is 55.2 Å². The number of amides is 1. The maximum Gasteiger partial charge on any atom is 0.267 e. The van der Waals surface area contributed by atoms with Crippen LogP contribution in [0.2, 0.25) is 0 Å². The third kappa shape index (κ3) is 4.23. The minimum absolute atomic E-state index is 0.0179. The fraction of sp³-hybridized carbons (Fsp3) is 0.348. The van der Waals surface area contributed by atoms with E-state index in [2.05, 4.69) is 12.0 Å². The molecule has 0 radical (unpaired) electrons. The van der Waals surface area contributed by atoms with Crippen LogP contribution in [0.1, 0.15) is 38.2 Å². The molecule has 0 saturated heterocycles. The molecule has 1 aromatic carbocycles. The number of aromatic nitrogens is 2. The van der Waals surface area contributed by atoms with Crippen molar-refractivity contribution >= 4 is 39.2 Å². The first-order chi connectivity index (χ1) is 14.5. The average molecular weight is 440 g/mol. The van der Waals surface area contributed by atoms with Crippen molar-refractivity contribution in [3.63, 3.8) is 0 Å². The van der Waals surface area contributed by atoms with Crippen molar-refractivity contribution in [2.45, 2.75) is 37.8 Å². The van der Waals surface area contributed by atoms with Gasteiger partial charge >= 0.3 is 0 Å². The fourth-order valence-corrected chi connectivity index (χ4v) is 5.49. The summed E-state index contributed by atoms with van der Waals surface area (Å²) in [5.74, 6) is 0.731. The minimum atomic E-state index is -0.0430. The van der Waals surface area contributed by atoms with Crippen LogP contribution < -0.4 is 5.56 Å². The van der Waals surface area contributed by atoms with Gasteiger partial charge in [-0.1, -0.05) is 42.1 Å². The minimum Gasteiger partial charge on any atom is -0.338 e. The summed E-state index contributed by atoms with van der Waals surface area (Å²) < 4.78 is 1.66. The number of fused-ring (bicyclic) bond motifs is 1. The Kier molecular flexibility index (Phi) is 6.11. The van der Waals surface area contributed by atoms with Crippen LogP contribution in [-0.2, 0) is 4.79 Å². The van der Waals surface area contributed by atoms with E-state index in [1.165, 1.54) is 23.1 Å². The monoisotopic (exact) mass is 439 g/mol. The Hall–Kier alpha value is -2.38. The maximum absolute atomic E-state index is 13.6. The second-order valence-corrected chi connectivity index (χ2v) is 9.47. The normalized spacial score (nSPS) is 13.5. The van der Waals surface area contributed by atoms with E-state index in [9.17, 15) is 9.59 Å². The molecule has 4 rings (SSSR count). The van der Waals surface area contributed by atoms with Gasteiger partial charge in [0.25, 0.3) is 5.56 Å². The van der Waals surface area contributed by atoms with Crippen molar-refractivity contribution in [2.75, 3.05) is 18.8 Å². The largest absolute Gasteiger partial charge is 0.338 e. The second-order valence-electron chi connectivity index (χ2n) is 7.67. The van der Waals surface area contributed by atoms with E-state index in [0.29, 0.717) is 24.2 Å². The number of hydrogen-bond acceptors (Lipinski definition) is 5. The predicted molar refractivity (Wildman–Crippen MR) is 125 cm³/mol. The molecule has 0 atom stereocenters. The van der Waals surface area contributed by atoms with E-state index in [0.717, 1.165) is 39.9 Å². The van der Waals surface area contributed by atoms with E-state index >= 15 is 0 Å². The summed E-state index contributed by atoms with van der Waals surface area (Å²) in [4.78, 5) is 33.6. The van der Waals surface area contributed by atoms with Crippen molar-refractivity contribution in [3.8, 4) is 5.69 Å². The first kappa shape index (κ1) is 20.9. The first-order valence-corrected chi connectivity index (χ1v) is 12.0. The number of thiophene rings is 1. The van der Waals surface area contributed by atoms with Gasteiger partial charge in [-0.15, -0.1) is 11.3 Å². The Morgan fingerprint density at radius 2 is 2.07 bits per heavy atom. The molecule has 1 amide bonds. The number of rotatable bonds is 8. The van der Waals surface area contributed by atoms with Gasteiger partial charge in [-0.3, -0.25) is 14.2 Å². The van der Waals surface area contributed by atoms with Crippen LogP contribution in [0.25, 0.3) is 15.9 Å². The van der Waals surface area contributed by atoms with E-state index < -0.39 is 0 Å². The molecule has 2 aromatic heterocycles. The Labute approximate surface area is 184 Å². The molecule has 0 N–H and O–H groups in total. The van der Waals surface area contributed by atoms with Gasteiger partial charge in [-0.2, -0.15) is 0 Å². The Bertz CT molecular complexity index is 1150. The van der Waals surface area contributed by atoms with Gasteiger partial charge in [0, 0.05) is 13.1 Å². The van der Waals surface area contributed by atoms with E-state index in [4.69, 9.17) is 4.98 Å². The van der Waals surface area contributed by atoms with Crippen LogP contribution in [0.3, 0.4) is 0 Å². The summed E-state index contributed by atoms with van der Waals surface area (Å²) in [6.07, 6.45) is 2.27. The Balaban J connectivity index is 1.72. The molecule has 0 bridgehead atoms. The summed E-state index contributed by atoms with van der Waals surface area (Å²) in [7, 11) is 0. The summed E-state index contributed by atoms with van der Waals surface area (Å²) in [5, 5.41) is 3.37. The smallest absolute Gasteiger partial charge is 0.267 e. The molecule has 1 aliphatic carbocycles. The Morgan fingerprint density at radius 1 is 1.33 bits per heavy atom. The molecular weight excluding hydrogens is 414 g/mol. The molecule has 0 unspecified atom stereocenters. The lowest BCUT2D eigenvalue weighted by molar-refractivity contribution is -0.127. The van der Waals surface area contributed by atoms with Crippen molar-refractivity contribution in [1.82, 2.24) is 14.5 Å². The van der Waals surface area contributed by atoms with Crippen LogP contribution in [0.4, 0.5) is 0 Å². The van der Waals surface area contributed by atoms with E-state index in [1.807, 2.05) is 44.2 Å². The number of para-hydroxylation sites is 1. The number of benzene rings is 1. The summed E-state index contributed by atoms with van der Waals surface area (Å²) >= 11 is 2.84. The highest BCUT2D eigenvalue weighted by atomic mass is 32.2. The zero-order valence-electron chi connectivity index (χ0n) is 17.3. The second kappa shape index (κ2) is 8.78. The predicted octanol–water partition coefficient (Wildman–Crippen LogP) is 4.84. The number of thioether (sulfide) groups is 1. The van der Waals surface area contributed by atoms with Gasteiger partial charge in [0.2, 0.25) is 5.91 Å². The molecule has 2 heterocycles. The first-order valence-electron chi connectivity index (χ1n) is 10.1. The number of carbonyl (C=O) groups excluding carboxylic acids is 1. The van der Waals surface area contributed by atoms with E-state index in [1.54, 1.807) is 9.47 Å². The molecule has 1 saturated carbocycles. The highest BCUT2D eigenvalue weighted by molar-refractivity contribution is 7.99. The Morgan fingerprint density at radius 3 is 2.70 bits per heavy atom. The van der Waals surface area contributed by atoms with Crippen LogP contribution >= 0.6 is 23.1 Å². The van der Waals surface area contributed by atoms with Gasteiger partial charge in [0.15, 0.2) is 5.16 Å². The summed E-state index contributed by atoms with van der Waals surface area (Å²) in [6, 6.07) is 9.56. The molecule has 1 fully saturated rings. The zero-order valence-corrected chi connectivity index (χ0v) is 18.9. The molecule has 156 valence electrons. The molecular formula is C23H25N3O2S2. The van der Waals surface area contributed by atoms with Gasteiger partial charge in [0.1, 0.15) is 4.83 Å². The molecule has 30 heavy (non-hydrogen) atoms. The van der Waals surface area contributed by atoms with Crippen molar-refractivity contribution in [1.29, 1.82) is 0 Å². The molecule has 0 aliphatic heterocycles. The molecule has 0 spiro atoms. The van der Waals surface area contributed by atoms with Crippen molar-refractivity contribution in [2.24, 2.45) is 0 Å². The van der Waals surface area contributed by atoms with Gasteiger partial charge in [0.05, 0.1) is 16.8 Å². The molecule has 3 aromatic rings. The van der Waals surface area contributed by atoms with Crippen LogP contribution in [0.15, 0.2) is 57.8 Å². The van der Waals surface area contributed by atoms with Gasteiger partial charge in [-0.25, -0.2) is 4.98 Å². The molecule has 7 heteroatoms. The number of hydrogen-bond donors (Lipinski definition) is 0. The van der Waals surface area contributed by atoms with Crippen LogP contribution in [0, 0.1) is 0 Å². The average Bonchev–Trinajstić information content (AvgIpc) is 3.49. The third-order valence-electron chi connectivity index (χ3n) is 5.16. The number of likely N-dealkylation sites (N-methyl/N-ethyl adjacent to an activating group) is 1. The summed E-state index contributed by atoms with van der Waals surface area (Å²) in [6.45, 7) is 8.95. The standard InChI is InChI=1S/C23H25N3O2S2/c1-4-25(12-15(2)3)19(27)14-30-23-24-21-20(18(13-29-21)16-10-11-16)22(28)26(23)17-8-6-5-7-9-17/h5-9,13,16H,2,4,10-12,14H2,1,3H3. The lowest BCUT2D eigenvalue weighted by Gasteiger charge is -2.21. The van der Waals surface area contributed by atoms with Crippen molar-refractivity contribution < 1.29 is 4.79 Å². The van der Waals surface area contributed by atoms with E-state index in [-0.39, 0.29) is 17.2 Å². The highest BCUT2D eigenvalue weighted by Crippen LogP contribution is 2.44. The quantitative estimate of drug-likeness (QED) is 0.286. The lowest BCUT2D eigenvalue weighted by Crippen LogP contribution is -2.33. The maximum atomic E-state index is 13.6. The fourth-order valence-electron chi connectivity index (χ4n) is 3.51. The van der Waals surface area contributed by atoms with Crippen LogP contribution in [-0.4, -0.2) is 39.2 Å². The highest BCUT2D eigenvalue weighted by Gasteiger charge is 2.29. The van der Waals surface area contributed by atoms with Gasteiger partial charge in [-0.05, 0) is 55.7 Å². The van der Waals surface area contributed by atoms with Crippen molar-refractivity contribution in [3.05, 3.63) is 63.8 Å². The number of carbonyl (C=O) groups is 1. The zero-order chi connectivity index (χ0) is 21.3. The number of nitrogens with zero attached hydrogens (tertiary/aromatic N) is 3. The third-order valence-corrected chi connectivity index (χ3v) is 6.97.